The number of rotatable bonds is 6. The van der Waals surface area contributed by atoms with Gasteiger partial charge in [-0.1, -0.05) is 90.2 Å². The Balaban J connectivity index is 1.58. The Hall–Kier alpha value is -3.37. The van der Waals surface area contributed by atoms with E-state index in [1.165, 1.54) is 11.3 Å². The Morgan fingerprint density at radius 2 is 1.39 bits per heavy atom. The number of aromatic nitrogens is 2. The molecule has 3 aromatic heterocycles. The van der Waals surface area contributed by atoms with Crippen molar-refractivity contribution >= 4 is 54.2 Å². The summed E-state index contributed by atoms with van der Waals surface area (Å²) in [5.74, 6) is 0. The fourth-order valence-electron chi connectivity index (χ4n) is 3.91. The van der Waals surface area contributed by atoms with Gasteiger partial charge in [-0.3, -0.25) is 0 Å². The molecule has 0 aliphatic carbocycles. The van der Waals surface area contributed by atoms with Crippen LogP contribution in [0.2, 0.25) is 0 Å². The first kappa shape index (κ1) is 23.1. The predicted molar refractivity (Wildman–Crippen MR) is 150 cm³/mol. The van der Waals surface area contributed by atoms with Gasteiger partial charge < -0.3 is 4.18 Å². The van der Waals surface area contributed by atoms with Crippen LogP contribution in [0.1, 0.15) is 0 Å². The van der Waals surface area contributed by atoms with E-state index in [1.54, 1.807) is 22.7 Å². The summed E-state index contributed by atoms with van der Waals surface area (Å²) < 4.78 is 30.9. The van der Waals surface area contributed by atoms with Crippen LogP contribution in [0.5, 0.6) is 5.06 Å². The zero-order valence-corrected chi connectivity index (χ0v) is 22.2. The van der Waals surface area contributed by atoms with E-state index in [0.717, 1.165) is 48.6 Å². The molecular formula is C27H18N2O3S4. The van der Waals surface area contributed by atoms with Crippen LogP contribution in [-0.2, 0) is 10.1 Å². The van der Waals surface area contributed by atoms with Gasteiger partial charge in [-0.15, -0.1) is 22.7 Å². The van der Waals surface area contributed by atoms with Gasteiger partial charge in [0.15, 0.2) is 0 Å². The van der Waals surface area contributed by atoms with Gasteiger partial charge in [-0.05, 0) is 6.07 Å². The third kappa shape index (κ3) is 4.46. The molecule has 0 saturated carbocycles. The third-order valence-corrected chi connectivity index (χ3v) is 9.08. The highest BCUT2D eigenvalue weighted by Gasteiger charge is 2.26. The van der Waals surface area contributed by atoms with E-state index in [4.69, 9.17) is 14.2 Å². The van der Waals surface area contributed by atoms with Crippen molar-refractivity contribution in [3.8, 4) is 48.0 Å². The Morgan fingerprint density at radius 1 is 0.750 bits per heavy atom. The van der Waals surface area contributed by atoms with Gasteiger partial charge >= 0.3 is 10.1 Å². The molecule has 9 heteroatoms. The van der Waals surface area contributed by atoms with E-state index in [1.807, 2.05) is 84.2 Å². The van der Waals surface area contributed by atoms with Crippen LogP contribution in [0.3, 0.4) is 0 Å². The minimum absolute atomic E-state index is 0.250. The molecular weight excluding hydrogens is 529 g/mol. The number of benzene rings is 3. The molecule has 0 spiro atoms. The average Bonchev–Trinajstić information content (AvgIpc) is 3.61. The second-order valence-electron chi connectivity index (χ2n) is 8.01. The van der Waals surface area contributed by atoms with Crippen LogP contribution in [0.15, 0.2) is 90.3 Å². The normalized spacial score (nSPS) is 11.7. The minimum Gasteiger partial charge on any atom is -0.369 e. The number of nitrogens with zero attached hydrogens (tertiary/aromatic N) is 2. The number of thiophene rings is 1. The molecule has 0 amide bonds. The predicted octanol–water partition coefficient (Wildman–Crippen LogP) is 7.82. The van der Waals surface area contributed by atoms with Crippen molar-refractivity contribution in [3.05, 3.63) is 90.3 Å². The maximum Gasteiger partial charge on any atom is 0.307 e. The van der Waals surface area contributed by atoms with E-state index in [-0.39, 0.29) is 5.06 Å². The highest BCUT2D eigenvalue weighted by Crippen LogP contribution is 2.50. The summed E-state index contributed by atoms with van der Waals surface area (Å²) in [5.41, 5.74) is 4.11. The topological polar surface area (TPSA) is 69.2 Å². The molecule has 0 radical (unpaired) electrons. The molecule has 0 saturated heterocycles. The largest absolute Gasteiger partial charge is 0.369 e. The van der Waals surface area contributed by atoms with Gasteiger partial charge in [0.05, 0.1) is 16.8 Å². The van der Waals surface area contributed by atoms with Crippen LogP contribution < -0.4 is 4.18 Å². The van der Waals surface area contributed by atoms with Gasteiger partial charge in [0.25, 0.3) is 0 Å². The quantitative estimate of drug-likeness (QED) is 0.199. The van der Waals surface area contributed by atoms with Crippen LogP contribution in [0.4, 0.5) is 0 Å². The Bertz CT molecular complexity index is 1790. The van der Waals surface area contributed by atoms with Crippen molar-refractivity contribution in [2.45, 2.75) is 0 Å². The maximum absolute atomic E-state index is 12.2. The zero-order chi connectivity index (χ0) is 24.7. The van der Waals surface area contributed by atoms with Crippen molar-refractivity contribution in [2.24, 2.45) is 0 Å². The number of fused-ring (bicyclic) bond motifs is 1. The molecule has 3 aromatic carbocycles. The van der Waals surface area contributed by atoms with Crippen molar-refractivity contribution in [2.75, 3.05) is 6.26 Å². The van der Waals surface area contributed by atoms with Crippen molar-refractivity contribution in [1.29, 1.82) is 0 Å². The van der Waals surface area contributed by atoms with Crippen LogP contribution in [0, 0.1) is 0 Å². The molecule has 0 bridgehead atoms. The molecule has 0 fully saturated rings. The summed E-state index contributed by atoms with van der Waals surface area (Å²) in [5, 5.41) is 4.88. The number of hydrogen-bond acceptors (Lipinski definition) is 8. The summed E-state index contributed by atoms with van der Waals surface area (Å²) in [6.07, 6.45) is 1.05. The fraction of sp³-hybridized carbons (Fsp3) is 0.0370. The summed E-state index contributed by atoms with van der Waals surface area (Å²) in [7, 11) is -3.76. The lowest BCUT2D eigenvalue weighted by atomic mass is 10.1. The second-order valence-corrected chi connectivity index (χ2v) is 12.5. The first-order valence-electron chi connectivity index (χ1n) is 11.0. The summed E-state index contributed by atoms with van der Waals surface area (Å²) in [4.78, 5) is 10.8. The van der Waals surface area contributed by atoms with Crippen LogP contribution in [0.25, 0.3) is 53.1 Å². The van der Waals surface area contributed by atoms with E-state index in [9.17, 15) is 8.42 Å². The molecule has 0 unspecified atom stereocenters. The van der Waals surface area contributed by atoms with E-state index in [2.05, 4.69) is 6.07 Å². The van der Waals surface area contributed by atoms with Crippen molar-refractivity contribution < 1.29 is 12.6 Å². The molecule has 36 heavy (non-hydrogen) atoms. The molecule has 0 aliphatic heterocycles. The zero-order valence-electron chi connectivity index (χ0n) is 18.9. The first-order valence-corrected chi connectivity index (χ1v) is 15.3. The third-order valence-electron chi connectivity index (χ3n) is 5.43. The smallest absolute Gasteiger partial charge is 0.307 e. The summed E-state index contributed by atoms with van der Waals surface area (Å²) >= 11 is 4.42. The van der Waals surface area contributed by atoms with Gasteiger partial charge in [-0.2, -0.15) is 8.42 Å². The van der Waals surface area contributed by atoms with E-state index >= 15 is 0 Å². The SMILES string of the molecule is CS(=O)(=O)Oc1sc(-c2ccccc2)nc1-c1c(-c2csc(-c3ccccc3)n2)sc2ccccc12. The number of thiazole rings is 2. The molecule has 3 heterocycles. The molecule has 5 nitrogen and oxygen atoms in total. The summed E-state index contributed by atoms with van der Waals surface area (Å²) in [6, 6.07) is 27.8. The Morgan fingerprint density at radius 3 is 2.08 bits per heavy atom. The molecule has 0 N–H and O–H groups in total. The molecule has 0 atom stereocenters. The van der Waals surface area contributed by atoms with E-state index in [0.29, 0.717) is 10.7 Å². The second kappa shape index (κ2) is 9.25. The standard InChI is InChI=1S/C27H18N2O3S4/c1-36(30,31)32-27-23(29-26(35-27)18-12-6-3-7-13-18)22-19-14-8-9-15-21(19)34-24(22)20-16-33-25(28-20)17-10-4-2-5-11-17/h2-16H,1H3. The molecule has 6 aromatic rings. The summed E-state index contributed by atoms with van der Waals surface area (Å²) in [6.45, 7) is 0. The van der Waals surface area contributed by atoms with E-state index < -0.39 is 10.1 Å². The lowest BCUT2D eigenvalue weighted by molar-refractivity contribution is 0.500. The Labute approximate surface area is 220 Å². The lowest BCUT2D eigenvalue weighted by Gasteiger charge is -2.05. The van der Waals surface area contributed by atoms with Crippen molar-refractivity contribution in [1.82, 2.24) is 9.97 Å². The maximum atomic E-state index is 12.2. The number of hydrogen-bond donors (Lipinski definition) is 0. The highest BCUT2D eigenvalue weighted by atomic mass is 32.2. The molecule has 6 rings (SSSR count). The average molecular weight is 547 g/mol. The van der Waals surface area contributed by atoms with Gasteiger partial charge in [-0.25, -0.2) is 9.97 Å². The fourth-order valence-corrected chi connectivity index (χ4v) is 7.64. The van der Waals surface area contributed by atoms with Crippen LogP contribution in [-0.4, -0.2) is 24.6 Å². The Kier molecular flexibility index (Phi) is 5.93. The first-order chi connectivity index (χ1) is 17.5. The molecule has 0 aliphatic rings. The molecule has 178 valence electrons. The van der Waals surface area contributed by atoms with Gasteiger partial charge in [0, 0.05) is 32.2 Å². The van der Waals surface area contributed by atoms with Gasteiger partial charge in [0.1, 0.15) is 15.7 Å². The minimum atomic E-state index is -3.76. The lowest BCUT2D eigenvalue weighted by Crippen LogP contribution is -2.05. The van der Waals surface area contributed by atoms with Crippen molar-refractivity contribution in [3.63, 3.8) is 0 Å². The monoisotopic (exact) mass is 546 g/mol. The van der Waals surface area contributed by atoms with Gasteiger partial charge in [0.2, 0.25) is 5.06 Å². The highest BCUT2D eigenvalue weighted by molar-refractivity contribution is 7.86. The van der Waals surface area contributed by atoms with Crippen LogP contribution >= 0.6 is 34.0 Å².